The van der Waals surface area contributed by atoms with Crippen LogP contribution in [0.4, 0.5) is 0 Å². The molecule has 2 N–H and O–H groups in total. The van der Waals surface area contributed by atoms with Crippen LogP contribution in [0.1, 0.15) is 34.5 Å². The highest BCUT2D eigenvalue weighted by Crippen LogP contribution is 2.21. The van der Waals surface area contributed by atoms with E-state index in [0.29, 0.717) is 11.4 Å². The third kappa shape index (κ3) is 5.48. The molecule has 1 heterocycles. The Hall–Kier alpha value is -1.66. The maximum atomic E-state index is 11.9. The summed E-state index contributed by atoms with van der Waals surface area (Å²) in [7, 11) is 0. The van der Waals surface area contributed by atoms with E-state index < -0.39 is 0 Å². The van der Waals surface area contributed by atoms with Gasteiger partial charge in [-0.1, -0.05) is 37.3 Å². The second kappa shape index (κ2) is 8.84. The molecule has 0 radical (unpaired) electrons. The van der Waals surface area contributed by atoms with Gasteiger partial charge in [0.15, 0.2) is 0 Å². The lowest BCUT2D eigenvalue weighted by Crippen LogP contribution is -2.38. The Morgan fingerprint density at radius 1 is 1.13 bits per heavy atom. The van der Waals surface area contributed by atoms with Crippen molar-refractivity contribution in [1.82, 2.24) is 10.6 Å². The van der Waals surface area contributed by atoms with Crippen LogP contribution in [0.5, 0.6) is 0 Å². The third-order valence-corrected chi connectivity index (χ3v) is 5.14. The van der Waals surface area contributed by atoms with E-state index >= 15 is 0 Å². The zero-order valence-corrected chi connectivity index (χ0v) is 15.2. The average molecular weight is 395 g/mol. The summed E-state index contributed by atoms with van der Waals surface area (Å²) < 4.78 is 0.890. The summed E-state index contributed by atoms with van der Waals surface area (Å²) in [5, 5.41) is 5.52. The Bertz CT molecular complexity index is 658. The molecule has 0 fully saturated rings. The van der Waals surface area contributed by atoms with E-state index in [1.54, 1.807) is 6.07 Å². The highest BCUT2D eigenvalue weighted by molar-refractivity contribution is 9.11. The van der Waals surface area contributed by atoms with Crippen LogP contribution in [-0.4, -0.2) is 24.9 Å². The first kappa shape index (κ1) is 17.7. The molecule has 4 nitrogen and oxygen atoms in total. The maximum absolute atomic E-state index is 11.9. The quantitative estimate of drug-likeness (QED) is 0.754. The molecule has 1 aromatic carbocycles. The lowest BCUT2D eigenvalue weighted by atomic mass is 9.96. The smallest absolute Gasteiger partial charge is 0.261 e. The first-order chi connectivity index (χ1) is 11.1. The fourth-order valence-electron chi connectivity index (χ4n) is 2.21. The van der Waals surface area contributed by atoms with E-state index in [9.17, 15) is 9.59 Å². The van der Waals surface area contributed by atoms with Gasteiger partial charge >= 0.3 is 0 Å². The zero-order chi connectivity index (χ0) is 16.7. The van der Waals surface area contributed by atoms with Gasteiger partial charge < -0.3 is 10.6 Å². The van der Waals surface area contributed by atoms with Crippen molar-refractivity contribution < 1.29 is 9.59 Å². The van der Waals surface area contributed by atoms with Crippen molar-refractivity contribution in [3.8, 4) is 0 Å². The van der Waals surface area contributed by atoms with E-state index in [2.05, 4.69) is 45.6 Å². The number of benzene rings is 1. The molecule has 0 aliphatic carbocycles. The Kier molecular flexibility index (Phi) is 6.80. The number of amides is 2. The third-order valence-electron chi connectivity index (χ3n) is 3.52. The van der Waals surface area contributed by atoms with Crippen molar-refractivity contribution in [3.63, 3.8) is 0 Å². The highest BCUT2D eigenvalue weighted by atomic mass is 79.9. The lowest BCUT2D eigenvalue weighted by Gasteiger charge is -2.16. The van der Waals surface area contributed by atoms with E-state index in [4.69, 9.17) is 0 Å². The van der Waals surface area contributed by atoms with E-state index in [1.807, 2.05) is 24.3 Å². The molecule has 0 aliphatic heterocycles. The van der Waals surface area contributed by atoms with Crippen LogP contribution in [0.3, 0.4) is 0 Å². The van der Waals surface area contributed by atoms with Gasteiger partial charge in [-0.2, -0.15) is 0 Å². The number of halogens is 1. The average Bonchev–Trinajstić information content (AvgIpc) is 3.01. The Morgan fingerprint density at radius 2 is 1.87 bits per heavy atom. The van der Waals surface area contributed by atoms with Crippen LogP contribution in [0.2, 0.25) is 0 Å². The summed E-state index contributed by atoms with van der Waals surface area (Å²) >= 11 is 4.65. The van der Waals surface area contributed by atoms with Crippen LogP contribution in [-0.2, 0) is 4.79 Å². The Morgan fingerprint density at radius 3 is 2.48 bits per heavy atom. The van der Waals surface area contributed by atoms with Crippen molar-refractivity contribution in [3.05, 3.63) is 56.7 Å². The normalized spacial score (nSPS) is 11.7. The molecular weight excluding hydrogens is 376 g/mol. The summed E-state index contributed by atoms with van der Waals surface area (Å²) in [5.74, 6) is -0.126. The maximum Gasteiger partial charge on any atom is 0.261 e. The molecule has 0 saturated carbocycles. The fourth-order valence-corrected chi connectivity index (χ4v) is 3.51. The molecule has 23 heavy (non-hydrogen) atoms. The molecule has 2 rings (SSSR count). The Balaban J connectivity index is 1.77. The van der Waals surface area contributed by atoms with E-state index in [1.165, 1.54) is 16.9 Å². The topological polar surface area (TPSA) is 58.2 Å². The summed E-state index contributed by atoms with van der Waals surface area (Å²) in [5.41, 5.74) is 1.21. The van der Waals surface area contributed by atoms with Gasteiger partial charge in [0.25, 0.3) is 5.91 Å². The molecule has 1 atom stereocenters. The molecule has 2 amide bonds. The summed E-state index contributed by atoms with van der Waals surface area (Å²) in [6, 6.07) is 13.6. The molecule has 122 valence electrons. The highest BCUT2D eigenvalue weighted by Gasteiger charge is 2.13. The number of hydrogen-bond acceptors (Lipinski definition) is 3. The first-order valence-electron chi connectivity index (χ1n) is 7.45. The summed E-state index contributed by atoms with van der Waals surface area (Å²) in [6.45, 7) is 2.65. The predicted octanol–water partition coefficient (Wildman–Crippen LogP) is 3.55. The fraction of sp³-hybridized carbons (Fsp3) is 0.294. The predicted molar refractivity (Wildman–Crippen MR) is 96.8 cm³/mol. The lowest BCUT2D eigenvalue weighted by molar-refractivity contribution is -0.120. The van der Waals surface area contributed by atoms with Crippen LogP contribution in [0.15, 0.2) is 46.3 Å². The van der Waals surface area contributed by atoms with E-state index in [0.717, 1.165) is 10.2 Å². The number of carbonyl (C=O) groups excluding carboxylic acids is 2. The molecule has 2 aromatic rings. The summed E-state index contributed by atoms with van der Waals surface area (Å²) in [6.07, 6.45) is 0.944. The minimum atomic E-state index is -0.231. The minimum absolute atomic E-state index is 0.0143. The number of carbonyl (C=O) groups is 2. The minimum Gasteiger partial charge on any atom is -0.354 e. The van der Waals surface area contributed by atoms with E-state index in [-0.39, 0.29) is 24.3 Å². The molecular formula is C17H19BrN2O2S. The molecule has 0 unspecified atom stereocenters. The van der Waals surface area contributed by atoms with Crippen molar-refractivity contribution in [2.24, 2.45) is 0 Å². The van der Waals surface area contributed by atoms with Crippen molar-refractivity contribution in [2.75, 3.05) is 13.1 Å². The van der Waals surface area contributed by atoms with Crippen molar-refractivity contribution >= 4 is 39.1 Å². The van der Waals surface area contributed by atoms with Crippen LogP contribution in [0, 0.1) is 0 Å². The number of thiophene rings is 1. The molecule has 0 aliphatic rings. The number of rotatable bonds is 7. The SMILES string of the molecule is CC[C@H](CNC(=O)CNC(=O)c1ccc(Br)s1)c1ccccc1. The van der Waals surface area contributed by atoms with Gasteiger partial charge in [0.05, 0.1) is 15.2 Å². The monoisotopic (exact) mass is 394 g/mol. The number of hydrogen-bond donors (Lipinski definition) is 2. The van der Waals surface area contributed by atoms with Crippen molar-refractivity contribution in [2.45, 2.75) is 19.3 Å². The Labute approximate surface area is 148 Å². The van der Waals surface area contributed by atoms with Gasteiger partial charge in [-0.3, -0.25) is 9.59 Å². The second-order valence-corrected chi connectivity index (χ2v) is 7.57. The molecule has 6 heteroatoms. The number of nitrogens with one attached hydrogen (secondary N) is 2. The molecule has 0 bridgehead atoms. The van der Waals surface area contributed by atoms with Gasteiger partial charge in [-0.05, 0) is 40.0 Å². The van der Waals surface area contributed by atoms with Gasteiger partial charge in [0.1, 0.15) is 0 Å². The van der Waals surface area contributed by atoms with Crippen LogP contribution in [0.25, 0.3) is 0 Å². The second-order valence-electron chi connectivity index (χ2n) is 5.11. The van der Waals surface area contributed by atoms with Gasteiger partial charge in [0, 0.05) is 12.5 Å². The van der Waals surface area contributed by atoms with Crippen LogP contribution >= 0.6 is 27.3 Å². The molecule has 0 spiro atoms. The molecule has 0 saturated heterocycles. The largest absolute Gasteiger partial charge is 0.354 e. The van der Waals surface area contributed by atoms with Gasteiger partial charge in [-0.25, -0.2) is 0 Å². The summed E-state index contributed by atoms with van der Waals surface area (Å²) in [4.78, 5) is 24.4. The first-order valence-corrected chi connectivity index (χ1v) is 9.06. The standard InChI is InChI=1S/C17H19BrN2O2S/c1-2-12(13-6-4-3-5-7-13)10-19-16(21)11-20-17(22)14-8-9-15(18)23-14/h3-9,12H,2,10-11H2,1H3,(H,19,21)(H,20,22)/t12-/m1/s1. The zero-order valence-electron chi connectivity index (χ0n) is 12.8. The molecule has 1 aromatic heterocycles. The van der Waals surface area contributed by atoms with Crippen LogP contribution < -0.4 is 10.6 Å². The van der Waals surface area contributed by atoms with Gasteiger partial charge in [-0.15, -0.1) is 11.3 Å². The van der Waals surface area contributed by atoms with Gasteiger partial charge in [0.2, 0.25) is 5.91 Å². The van der Waals surface area contributed by atoms with Crippen molar-refractivity contribution in [1.29, 1.82) is 0 Å².